The van der Waals surface area contributed by atoms with Crippen molar-refractivity contribution in [3.63, 3.8) is 0 Å². The second-order valence-corrected chi connectivity index (χ2v) is 9.51. The molecule has 150 valence electrons. The molecule has 3 aromatic carbocycles. The average Bonchev–Trinajstić information content (AvgIpc) is 2.82. The van der Waals surface area contributed by atoms with Gasteiger partial charge in [0, 0.05) is 17.1 Å². The minimum absolute atomic E-state index is 0.486. The molecule has 1 nitrogen and oxygen atoms in total. The van der Waals surface area contributed by atoms with Gasteiger partial charge in [-0.3, -0.25) is 4.98 Å². The fraction of sp³-hybridized carbons (Fsp3) is 0.276. The fourth-order valence-corrected chi connectivity index (χ4v) is 4.82. The van der Waals surface area contributed by atoms with Gasteiger partial charge in [-0.15, -0.1) is 0 Å². The molecule has 0 saturated carbocycles. The maximum Gasteiger partial charge on any atom is 0.0792 e. The Bertz CT molecular complexity index is 1280. The van der Waals surface area contributed by atoms with Crippen molar-refractivity contribution in [3.05, 3.63) is 77.5 Å². The zero-order chi connectivity index (χ0) is 21.0. The van der Waals surface area contributed by atoms with E-state index in [1.54, 1.807) is 0 Å². The SMILES string of the molecule is Cc1ccc2c(c1)-c1cc(CC(C)C)ccc1-c1nccc3cc(C(C)C)cc-2c13. The summed E-state index contributed by atoms with van der Waals surface area (Å²) in [7, 11) is 0. The van der Waals surface area contributed by atoms with Crippen LogP contribution >= 0.6 is 0 Å². The van der Waals surface area contributed by atoms with Crippen molar-refractivity contribution in [1.29, 1.82) is 0 Å². The van der Waals surface area contributed by atoms with Crippen LogP contribution in [0.5, 0.6) is 0 Å². The Hall–Kier alpha value is -2.93. The largest absolute Gasteiger partial charge is 0.256 e. The summed E-state index contributed by atoms with van der Waals surface area (Å²) in [5.41, 5.74) is 11.7. The van der Waals surface area contributed by atoms with E-state index in [9.17, 15) is 0 Å². The van der Waals surface area contributed by atoms with Gasteiger partial charge in [0.1, 0.15) is 0 Å². The van der Waals surface area contributed by atoms with E-state index in [0.29, 0.717) is 11.8 Å². The van der Waals surface area contributed by atoms with Crippen molar-refractivity contribution in [2.45, 2.75) is 47.0 Å². The predicted octanol–water partition coefficient (Wildman–Crippen LogP) is 8.18. The molecule has 1 heterocycles. The van der Waals surface area contributed by atoms with Gasteiger partial charge >= 0.3 is 0 Å². The Morgan fingerprint density at radius 1 is 0.733 bits per heavy atom. The summed E-state index contributed by atoms with van der Waals surface area (Å²) in [5, 5.41) is 2.56. The predicted molar refractivity (Wildman–Crippen MR) is 129 cm³/mol. The molecular formula is C29H29N. The van der Waals surface area contributed by atoms with E-state index in [4.69, 9.17) is 4.98 Å². The lowest BCUT2D eigenvalue weighted by Gasteiger charge is -2.15. The van der Waals surface area contributed by atoms with Crippen LogP contribution in [0.25, 0.3) is 44.3 Å². The summed E-state index contributed by atoms with van der Waals surface area (Å²) in [6.07, 6.45) is 3.06. The number of fused-ring (bicyclic) bond motifs is 5. The second kappa shape index (κ2) is 7.09. The van der Waals surface area contributed by atoms with Crippen LogP contribution in [0.2, 0.25) is 0 Å². The van der Waals surface area contributed by atoms with Crippen molar-refractivity contribution in [2.24, 2.45) is 5.92 Å². The highest BCUT2D eigenvalue weighted by Crippen LogP contribution is 2.48. The van der Waals surface area contributed by atoms with Crippen molar-refractivity contribution < 1.29 is 0 Å². The lowest BCUT2D eigenvalue weighted by Crippen LogP contribution is -1.96. The van der Waals surface area contributed by atoms with Gasteiger partial charge in [-0.05, 0) is 70.0 Å². The Labute approximate surface area is 179 Å². The third-order valence-electron chi connectivity index (χ3n) is 6.29. The molecule has 0 radical (unpaired) electrons. The van der Waals surface area contributed by atoms with E-state index in [0.717, 1.165) is 12.1 Å². The Balaban J connectivity index is 1.92. The zero-order valence-corrected chi connectivity index (χ0v) is 18.6. The number of aryl methyl sites for hydroxylation is 1. The minimum Gasteiger partial charge on any atom is -0.256 e. The van der Waals surface area contributed by atoms with Gasteiger partial charge in [0.15, 0.2) is 0 Å². The summed E-state index contributed by atoms with van der Waals surface area (Å²) in [6.45, 7) is 11.3. The monoisotopic (exact) mass is 391 g/mol. The number of pyridine rings is 1. The molecule has 1 aliphatic carbocycles. The Kier molecular flexibility index (Phi) is 4.50. The third kappa shape index (κ3) is 3.04. The van der Waals surface area contributed by atoms with E-state index in [-0.39, 0.29) is 0 Å². The molecule has 0 amide bonds. The van der Waals surface area contributed by atoms with Gasteiger partial charge in [-0.2, -0.15) is 0 Å². The van der Waals surface area contributed by atoms with Crippen LogP contribution < -0.4 is 0 Å². The summed E-state index contributed by atoms with van der Waals surface area (Å²) in [4.78, 5) is 4.91. The topological polar surface area (TPSA) is 12.9 Å². The van der Waals surface area contributed by atoms with Crippen molar-refractivity contribution in [1.82, 2.24) is 4.98 Å². The minimum atomic E-state index is 0.486. The van der Waals surface area contributed by atoms with E-state index in [2.05, 4.69) is 89.2 Å². The average molecular weight is 392 g/mol. The van der Waals surface area contributed by atoms with Crippen LogP contribution in [0.1, 0.15) is 50.3 Å². The van der Waals surface area contributed by atoms with Crippen LogP contribution in [-0.4, -0.2) is 4.98 Å². The first-order valence-corrected chi connectivity index (χ1v) is 11.1. The molecule has 1 aromatic heterocycles. The number of benzene rings is 3. The first-order chi connectivity index (χ1) is 14.4. The summed E-state index contributed by atoms with van der Waals surface area (Å²) in [6, 6.07) is 20.8. The number of nitrogens with zero attached hydrogens (tertiary/aromatic N) is 1. The van der Waals surface area contributed by atoms with E-state index in [1.165, 1.54) is 55.3 Å². The molecule has 0 fully saturated rings. The quantitative estimate of drug-likeness (QED) is 0.302. The van der Waals surface area contributed by atoms with E-state index < -0.39 is 0 Å². The van der Waals surface area contributed by atoms with Crippen LogP contribution in [0.4, 0.5) is 0 Å². The molecule has 0 atom stereocenters. The van der Waals surface area contributed by atoms with Crippen molar-refractivity contribution in [3.8, 4) is 33.5 Å². The normalized spacial score (nSPS) is 12.2. The van der Waals surface area contributed by atoms with Crippen LogP contribution in [0.15, 0.2) is 60.8 Å². The molecular weight excluding hydrogens is 362 g/mol. The molecule has 30 heavy (non-hydrogen) atoms. The molecule has 0 saturated heterocycles. The molecule has 0 spiro atoms. The van der Waals surface area contributed by atoms with Crippen LogP contribution in [0, 0.1) is 12.8 Å². The fourth-order valence-electron chi connectivity index (χ4n) is 4.82. The van der Waals surface area contributed by atoms with Crippen molar-refractivity contribution >= 4 is 10.8 Å². The lowest BCUT2D eigenvalue weighted by molar-refractivity contribution is 0.647. The summed E-state index contributed by atoms with van der Waals surface area (Å²) in [5.74, 6) is 1.12. The molecule has 0 unspecified atom stereocenters. The third-order valence-corrected chi connectivity index (χ3v) is 6.29. The summed E-state index contributed by atoms with van der Waals surface area (Å²) < 4.78 is 0. The molecule has 5 rings (SSSR count). The molecule has 0 N–H and O–H groups in total. The molecule has 1 heteroatoms. The van der Waals surface area contributed by atoms with Gasteiger partial charge < -0.3 is 0 Å². The van der Waals surface area contributed by atoms with Crippen LogP contribution in [-0.2, 0) is 6.42 Å². The maximum absolute atomic E-state index is 4.91. The Morgan fingerprint density at radius 3 is 2.27 bits per heavy atom. The molecule has 1 aliphatic rings. The second-order valence-electron chi connectivity index (χ2n) is 9.51. The summed E-state index contributed by atoms with van der Waals surface area (Å²) >= 11 is 0. The first-order valence-electron chi connectivity index (χ1n) is 11.1. The number of hydrogen-bond donors (Lipinski definition) is 0. The van der Waals surface area contributed by atoms with Gasteiger partial charge in [0.05, 0.1) is 5.69 Å². The highest BCUT2D eigenvalue weighted by atomic mass is 14.7. The molecule has 0 aliphatic heterocycles. The number of rotatable bonds is 3. The first kappa shape index (κ1) is 19.1. The zero-order valence-electron chi connectivity index (χ0n) is 18.6. The van der Waals surface area contributed by atoms with Crippen molar-refractivity contribution in [2.75, 3.05) is 0 Å². The number of aromatic nitrogens is 1. The lowest BCUT2D eigenvalue weighted by atomic mass is 9.89. The van der Waals surface area contributed by atoms with E-state index in [1.807, 2.05) is 6.20 Å². The standard InChI is InChI=1S/C29H29N/c1-17(2)12-20-7-9-24-26(14-20)25-13-19(5)6-8-23(25)27-16-22(18(3)4)15-21-10-11-30-29(24)28(21)27/h6-11,13-18H,12H2,1-5H3. The maximum atomic E-state index is 4.91. The molecule has 4 aromatic rings. The smallest absolute Gasteiger partial charge is 0.0792 e. The highest BCUT2D eigenvalue weighted by molar-refractivity contribution is 6.12. The highest BCUT2D eigenvalue weighted by Gasteiger charge is 2.23. The van der Waals surface area contributed by atoms with E-state index >= 15 is 0 Å². The van der Waals surface area contributed by atoms with Gasteiger partial charge in [-0.1, -0.05) is 81.8 Å². The molecule has 0 bridgehead atoms. The number of hydrogen-bond acceptors (Lipinski definition) is 1. The van der Waals surface area contributed by atoms with Gasteiger partial charge in [0.25, 0.3) is 0 Å². The Morgan fingerprint density at radius 2 is 1.50 bits per heavy atom. The van der Waals surface area contributed by atoms with Gasteiger partial charge in [0.2, 0.25) is 0 Å². The van der Waals surface area contributed by atoms with Gasteiger partial charge in [-0.25, -0.2) is 0 Å². The van der Waals surface area contributed by atoms with Crippen LogP contribution in [0.3, 0.4) is 0 Å².